The third kappa shape index (κ3) is 3.72. The Balaban J connectivity index is 2.04. The monoisotopic (exact) mass is 304 g/mol. The van der Waals surface area contributed by atoms with Crippen LogP contribution in [-0.4, -0.2) is 17.6 Å². The fraction of sp³-hybridized carbons (Fsp3) is 0.250. The Bertz CT molecular complexity index is 727. The van der Waals surface area contributed by atoms with Crippen molar-refractivity contribution in [2.24, 2.45) is 0 Å². The molecule has 22 heavy (non-hydrogen) atoms. The number of benzene rings is 1. The van der Waals surface area contributed by atoms with Gasteiger partial charge < -0.3 is 14.6 Å². The van der Waals surface area contributed by atoms with Crippen molar-refractivity contribution in [3.63, 3.8) is 0 Å². The molecule has 1 unspecified atom stereocenters. The van der Waals surface area contributed by atoms with Gasteiger partial charge >= 0.3 is 0 Å². The van der Waals surface area contributed by atoms with Crippen molar-refractivity contribution in [1.29, 1.82) is 0 Å². The Kier molecular flexibility index (Phi) is 4.93. The maximum absolute atomic E-state index is 13.7. The average Bonchev–Trinajstić information content (AvgIpc) is 2.49. The summed E-state index contributed by atoms with van der Waals surface area (Å²) in [5, 5.41) is 2.73. The molecule has 1 aromatic carbocycles. The van der Waals surface area contributed by atoms with Crippen LogP contribution in [0.25, 0.3) is 0 Å². The first-order valence-electron chi connectivity index (χ1n) is 6.79. The maximum Gasteiger partial charge on any atom is 0.250 e. The van der Waals surface area contributed by atoms with Gasteiger partial charge in [0.2, 0.25) is 5.91 Å². The van der Waals surface area contributed by atoms with Crippen molar-refractivity contribution in [1.82, 2.24) is 9.88 Å². The minimum atomic E-state index is -0.486. The Labute approximate surface area is 127 Å². The second-order valence-corrected chi connectivity index (χ2v) is 4.85. The second-order valence-electron chi connectivity index (χ2n) is 4.85. The number of carbonyl (C=O) groups is 1. The summed E-state index contributed by atoms with van der Waals surface area (Å²) in [4.78, 5) is 23.5. The van der Waals surface area contributed by atoms with Crippen LogP contribution < -0.4 is 15.6 Å². The minimum absolute atomic E-state index is 0.0807. The number of nitrogens with zero attached hydrogens (tertiary/aromatic N) is 1. The molecule has 5 nitrogen and oxygen atoms in total. The third-order valence-electron chi connectivity index (χ3n) is 3.27. The highest BCUT2D eigenvalue weighted by Crippen LogP contribution is 2.21. The Morgan fingerprint density at radius 3 is 2.77 bits per heavy atom. The van der Waals surface area contributed by atoms with Crippen LogP contribution in [0.1, 0.15) is 18.5 Å². The molecule has 0 saturated carbocycles. The molecule has 0 aliphatic rings. The summed E-state index contributed by atoms with van der Waals surface area (Å²) in [6, 6.07) is 8.80. The molecule has 1 atom stereocenters. The molecule has 0 saturated heterocycles. The van der Waals surface area contributed by atoms with Crippen LogP contribution >= 0.6 is 0 Å². The highest BCUT2D eigenvalue weighted by atomic mass is 19.1. The fourth-order valence-electron chi connectivity index (χ4n) is 2.07. The molecule has 0 radical (unpaired) electrons. The van der Waals surface area contributed by atoms with Gasteiger partial charge in [0.1, 0.15) is 6.54 Å². The van der Waals surface area contributed by atoms with E-state index >= 15 is 0 Å². The summed E-state index contributed by atoms with van der Waals surface area (Å²) in [5.74, 6) is -0.657. The molecule has 1 heterocycles. The smallest absolute Gasteiger partial charge is 0.250 e. The highest BCUT2D eigenvalue weighted by Gasteiger charge is 2.12. The van der Waals surface area contributed by atoms with Crippen LogP contribution in [0.3, 0.4) is 0 Å². The third-order valence-corrected chi connectivity index (χ3v) is 3.27. The minimum Gasteiger partial charge on any atom is -0.494 e. The summed E-state index contributed by atoms with van der Waals surface area (Å²) >= 11 is 0. The lowest BCUT2D eigenvalue weighted by atomic mass is 10.1. The van der Waals surface area contributed by atoms with Gasteiger partial charge in [-0.3, -0.25) is 9.59 Å². The number of amides is 1. The van der Waals surface area contributed by atoms with E-state index in [1.54, 1.807) is 31.3 Å². The number of nitrogens with one attached hydrogen (secondary N) is 1. The van der Waals surface area contributed by atoms with E-state index < -0.39 is 5.82 Å². The molecule has 0 bridgehead atoms. The molecule has 1 aromatic heterocycles. The Morgan fingerprint density at radius 1 is 1.36 bits per heavy atom. The fourth-order valence-corrected chi connectivity index (χ4v) is 2.07. The molecule has 0 spiro atoms. The van der Waals surface area contributed by atoms with Gasteiger partial charge in [-0.25, -0.2) is 4.39 Å². The number of aromatic nitrogens is 1. The van der Waals surface area contributed by atoms with Gasteiger partial charge in [-0.2, -0.15) is 0 Å². The van der Waals surface area contributed by atoms with Gasteiger partial charge in [-0.15, -0.1) is 0 Å². The summed E-state index contributed by atoms with van der Waals surface area (Å²) in [7, 11) is 1.39. The zero-order chi connectivity index (χ0) is 16.1. The number of ether oxygens (including phenoxy) is 1. The highest BCUT2D eigenvalue weighted by molar-refractivity contribution is 5.76. The first-order chi connectivity index (χ1) is 10.5. The number of hydrogen-bond donors (Lipinski definition) is 1. The van der Waals surface area contributed by atoms with Crippen LogP contribution in [0, 0.1) is 5.82 Å². The molecule has 0 fully saturated rings. The summed E-state index contributed by atoms with van der Waals surface area (Å²) in [6.45, 7) is 1.66. The summed E-state index contributed by atoms with van der Waals surface area (Å²) in [5.41, 5.74) is 0.368. The van der Waals surface area contributed by atoms with Gasteiger partial charge in [0.15, 0.2) is 11.6 Å². The summed E-state index contributed by atoms with van der Waals surface area (Å²) in [6.07, 6.45) is 1.54. The van der Waals surface area contributed by atoms with E-state index in [9.17, 15) is 14.0 Å². The van der Waals surface area contributed by atoms with Crippen molar-refractivity contribution in [2.45, 2.75) is 19.5 Å². The van der Waals surface area contributed by atoms with Crippen molar-refractivity contribution >= 4 is 5.91 Å². The van der Waals surface area contributed by atoms with Gasteiger partial charge in [-0.1, -0.05) is 12.1 Å². The van der Waals surface area contributed by atoms with E-state index in [-0.39, 0.29) is 29.8 Å². The molecular weight excluding hydrogens is 287 g/mol. The van der Waals surface area contributed by atoms with E-state index in [0.717, 1.165) is 0 Å². The van der Waals surface area contributed by atoms with Crippen LogP contribution in [0.4, 0.5) is 4.39 Å². The predicted octanol–water partition coefficient (Wildman–Crippen LogP) is 1.87. The van der Waals surface area contributed by atoms with Gasteiger partial charge in [0.05, 0.1) is 13.2 Å². The topological polar surface area (TPSA) is 60.3 Å². The van der Waals surface area contributed by atoms with Crippen molar-refractivity contribution in [3.05, 3.63) is 64.3 Å². The van der Waals surface area contributed by atoms with Gasteiger partial charge in [-0.05, 0) is 30.7 Å². The largest absolute Gasteiger partial charge is 0.494 e. The number of pyridine rings is 1. The molecule has 2 rings (SSSR count). The van der Waals surface area contributed by atoms with Crippen LogP contribution in [0.2, 0.25) is 0 Å². The van der Waals surface area contributed by atoms with Gasteiger partial charge in [0.25, 0.3) is 5.56 Å². The molecule has 2 aromatic rings. The van der Waals surface area contributed by atoms with E-state index in [0.29, 0.717) is 5.56 Å². The lowest BCUT2D eigenvalue weighted by molar-refractivity contribution is -0.122. The normalized spacial score (nSPS) is 11.8. The standard InChI is InChI=1S/C16H17FN2O3/c1-11(12-6-7-14(22-2)13(17)9-12)18-15(20)10-19-8-4-3-5-16(19)21/h3-9,11H,10H2,1-2H3,(H,18,20). The van der Waals surface area contributed by atoms with Crippen molar-refractivity contribution in [3.8, 4) is 5.75 Å². The van der Waals surface area contributed by atoms with Gasteiger partial charge in [0, 0.05) is 12.3 Å². The molecule has 1 amide bonds. The van der Waals surface area contributed by atoms with Crippen molar-refractivity contribution < 1.29 is 13.9 Å². The van der Waals surface area contributed by atoms with E-state index in [4.69, 9.17) is 4.74 Å². The lowest BCUT2D eigenvalue weighted by Gasteiger charge is -2.15. The predicted molar refractivity (Wildman–Crippen MR) is 80.2 cm³/mol. The van der Waals surface area contributed by atoms with Crippen LogP contribution in [0.15, 0.2) is 47.4 Å². The maximum atomic E-state index is 13.7. The Hall–Kier alpha value is -2.63. The molecule has 1 N–H and O–H groups in total. The Morgan fingerprint density at radius 2 is 2.14 bits per heavy atom. The number of rotatable bonds is 5. The van der Waals surface area contributed by atoms with Crippen LogP contribution in [0.5, 0.6) is 5.75 Å². The molecular formula is C16H17FN2O3. The first kappa shape index (κ1) is 15.8. The van der Waals surface area contributed by atoms with E-state index in [2.05, 4.69) is 5.32 Å². The number of carbonyl (C=O) groups excluding carboxylic acids is 1. The number of methoxy groups -OCH3 is 1. The van der Waals surface area contributed by atoms with Crippen molar-refractivity contribution in [2.75, 3.05) is 7.11 Å². The number of halogens is 1. The SMILES string of the molecule is COc1ccc(C(C)NC(=O)Cn2ccccc2=O)cc1F. The summed E-state index contributed by atoms with van der Waals surface area (Å²) < 4.78 is 19.8. The average molecular weight is 304 g/mol. The van der Waals surface area contributed by atoms with Crippen LogP contribution in [-0.2, 0) is 11.3 Å². The second kappa shape index (κ2) is 6.89. The zero-order valence-corrected chi connectivity index (χ0v) is 12.4. The molecule has 0 aliphatic heterocycles. The molecule has 0 aliphatic carbocycles. The molecule has 116 valence electrons. The lowest BCUT2D eigenvalue weighted by Crippen LogP contribution is -2.33. The quantitative estimate of drug-likeness (QED) is 0.917. The first-order valence-corrected chi connectivity index (χ1v) is 6.79. The van der Waals surface area contributed by atoms with E-state index in [1.807, 2.05) is 0 Å². The number of hydrogen-bond acceptors (Lipinski definition) is 3. The van der Waals surface area contributed by atoms with E-state index in [1.165, 1.54) is 29.9 Å². The zero-order valence-electron chi connectivity index (χ0n) is 12.4. The molecule has 6 heteroatoms.